The average Bonchev–Trinajstić information content (AvgIpc) is 3.03. The highest BCUT2D eigenvalue weighted by Gasteiger charge is 2.24. The standard InChI is InChI=1S/C19H12Br2Cl3N5O3/c1-8(30)27-28-18(31)10-5-9(20)6-11(21)15(10)26-19(32)14-7-13(23)16(24)29(14)17-12(22)3-2-4-25-17/h2-7H,1H3,(H,26,32)(H,27,30)(H,28,31). The number of hydrazine groups is 1. The van der Waals surface area contributed by atoms with Crippen LogP contribution in [0.4, 0.5) is 5.69 Å². The fraction of sp³-hybridized carbons (Fsp3) is 0.0526. The van der Waals surface area contributed by atoms with Gasteiger partial charge in [0, 0.05) is 22.1 Å². The Morgan fingerprint density at radius 2 is 1.72 bits per heavy atom. The maximum Gasteiger partial charge on any atom is 0.272 e. The van der Waals surface area contributed by atoms with Gasteiger partial charge in [-0.25, -0.2) is 4.98 Å². The van der Waals surface area contributed by atoms with Crippen molar-refractivity contribution in [3.05, 3.63) is 71.9 Å². The van der Waals surface area contributed by atoms with E-state index < -0.39 is 17.7 Å². The van der Waals surface area contributed by atoms with Gasteiger partial charge in [0.25, 0.3) is 11.8 Å². The highest BCUT2D eigenvalue weighted by molar-refractivity contribution is 9.11. The van der Waals surface area contributed by atoms with Crippen molar-refractivity contribution in [2.24, 2.45) is 0 Å². The third-order valence-electron chi connectivity index (χ3n) is 3.97. The Morgan fingerprint density at radius 1 is 1.00 bits per heavy atom. The Bertz CT molecular complexity index is 1250. The molecule has 3 rings (SSSR count). The molecule has 32 heavy (non-hydrogen) atoms. The first-order chi connectivity index (χ1) is 15.1. The zero-order valence-corrected chi connectivity index (χ0v) is 21.4. The van der Waals surface area contributed by atoms with E-state index in [1.54, 1.807) is 18.2 Å². The molecule has 3 aromatic rings. The Hall–Kier alpha value is -2.11. The van der Waals surface area contributed by atoms with Gasteiger partial charge in [-0.1, -0.05) is 50.7 Å². The molecule has 2 heterocycles. The summed E-state index contributed by atoms with van der Waals surface area (Å²) in [6, 6.07) is 7.69. The average molecular weight is 625 g/mol. The number of carbonyl (C=O) groups excluding carboxylic acids is 3. The molecule has 0 saturated heterocycles. The Morgan fingerprint density at radius 3 is 2.38 bits per heavy atom. The molecule has 0 aliphatic carbocycles. The lowest BCUT2D eigenvalue weighted by molar-refractivity contribution is -0.119. The molecule has 0 aliphatic heterocycles. The molecular weight excluding hydrogens is 612 g/mol. The second-order valence-corrected chi connectivity index (χ2v) is 9.15. The molecule has 0 bridgehead atoms. The van der Waals surface area contributed by atoms with Gasteiger partial charge in [-0.15, -0.1) is 0 Å². The minimum absolute atomic E-state index is 0.0311. The predicted molar refractivity (Wildman–Crippen MR) is 130 cm³/mol. The van der Waals surface area contributed by atoms with Gasteiger partial charge in [-0.3, -0.25) is 29.8 Å². The number of carbonyl (C=O) groups is 3. The van der Waals surface area contributed by atoms with E-state index in [0.29, 0.717) is 8.95 Å². The summed E-state index contributed by atoms with van der Waals surface area (Å²) < 4.78 is 2.26. The molecule has 0 fully saturated rings. The number of rotatable bonds is 4. The van der Waals surface area contributed by atoms with E-state index in [9.17, 15) is 14.4 Å². The molecule has 2 aromatic heterocycles. The van der Waals surface area contributed by atoms with Crippen LogP contribution in [-0.4, -0.2) is 27.3 Å². The third-order valence-corrected chi connectivity index (χ3v) is 6.11. The molecular formula is C19H12Br2Cl3N5O3. The van der Waals surface area contributed by atoms with Crippen LogP contribution in [0.1, 0.15) is 27.8 Å². The Kier molecular flexibility index (Phi) is 7.84. The maximum atomic E-state index is 13.2. The lowest BCUT2D eigenvalue weighted by atomic mass is 10.1. The first-order valence-electron chi connectivity index (χ1n) is 8.65. The van der Waals surface area contributed by atoms with Gasteiger partial charge in [-0.2, -0.15) is 0 Å². The van der Waals surface area contributed by atoms with Gasteiger partial charge in [0.1, 0.15) is 10.8 Å². The molecule has 0 radical (unpaired) electrons. The van der Waals surface area contributed by atoms with E-state index in [0.717, 1.165) is 0 Å². The van der Waals surface area contributed by atoms with E-state index in [-0.39, 0.29) is 38.0 Å². The highest BCUT2D eigenvalue weighted by atomic mass is 79.9. The van der Waals surface area contributed by atoms with Crippen molar-refractivity contribution >= 4 is 90.1 Å². The molecule has 8 nitrogen and oxygen atoms in total. The molecule has 0 saturated carbocycles. The molecule has 0 spiro atoms. The van der Waals surface area contributed by atoms with Crippen molar-refractivity contribution < 1.29 is 14.4 Å². The number of hydrogen-bond acceptors (Lipinski definition) is 4. The summed E-state index contributed by atoms with van der Waals surface area (Å²) in [7, 11) is 0. The van der Waals surface area contributed by atoms with Crippen molar-refractivity contribution in [2.75, 3.05) is 5.32 Å². The van der Waals surface area contributed by atoms with Gasteiger partial charge in [-0.05, 0) is 46.3 Å². The summed E-state index contributed by atoms with van der Waals surface area (Å²) in [6.07, 6.45) is 1.49. The van der Waals surface area contributed by atoms with Crippen molar-refractivity contribution in [1.82, 2.24) is 20.4 Å². The van der Waals surface area contributed by atoms with Crippen LogP contribution in [0.2, 0.25) is 15.2 Å². The van der Waals surface area contributed by atoms with Crippen LogP contribution in [0.3, 0.4) is 0 Å². The number of amides is 3. The normalized spacial score (nSPS) is 10.6. The number of aromatic nitrogens is 2. The summed E-state index contributed by atoms with van der Waals surface area (Å²) in [4.78, 5) is 41.1. The monoisotopic (exact) mass is 621 g/mol. The number of nitrogens with one attached hydrogen (secondary N) is 3. The summed E-state index contributed by atoms with van der Waals surface area (Å²) in [5, 5.41) is 3.06. The highest BCUT2D eigenvalue weighted by Crippen LogP contribution is 2.34. The largest absolute Gasteiger partial charge is 0.319 e. The lowest BCUT2D eigenvalue weighted by Gasteiger charge is -2.15. The van der Waals surface area contributed by atoms with Gasteiger partial charge >= 0.3 is 0 Å². The second-order valence-electron chi connectivity index (χ2n) is 6.21. The summed E-state index contributed by atoms with van der Waals surface area (Å²) in [5.74, 6) is -1.56. The number of hydrogen-bond donors (Lipinski definition) is 3. The van der Waals surface area contributed by atoms with Crippen molar-refractivity contribution in [2.45, 2.75) is 6.92 Å². The van der Waals surface area contributed by atoms with E-state index in [1.807, 2.05) is 0 Å². The van der Waals surface area contributed by atoms with Crippen LogP contribution in [0.25, 0.3) is 5.82 Å². The minimum Gasteiger partial charge on any atom is -0.319 e. The quantitative estimate of drug-likeness (QED) is 0.339. The topological polar surface area (TPSA) is 105 Å². The number of nitrogens with zero attached hydrogens (tertiary/aromatic N) is 2. The van der Waals surface area contributed by atoms with Crippen LogP contribution in [0, 0.1) is 0 Å². The van der Waals surface area contributed by atoms with E-state index in [1.165, 1.54) is 29.8 Å². The van der Waals surface area contributed by atoms with Crippen molar-refractivity contribution in [3.8, 4) is 5.82 Å². The third kappa shape index (κ3) is 5.26. The summed E-state index contributed by atoms with van der Waals surface area (Å²) >= 11 is 25.3. The number of pyridine rings is 1. The first kappa shape index (κ1) is 24.5. The SMILES string of the molecule is CC(=O)NNC(=O)c1cc(Br)cc(Br)c1NC(=O)c1cc(Cl)c(Cl)n1-c1ncccc1Cl. The summed E-state index contributed by atoms with van der Waals surface area (Å²) in [6.45, 7) is 1.24. The molecule has 3 N–H and O–H groups in total. The molecule has 13 heteroatoms. The fourth-order valence-corrected chi connectivity index (χ4v) is 4.59. The van der Waals surface area contributed by atoms with Crippen LogP contribution in [0.15, 0.2) is 45.5 Å². The van der Waals surface area contributed by atoms with Gasteiger partial charge in [0.05, 0.1) is 21.3 Å². The Labute approximate surface area is 213 Å². The van der Waals surface area contributed by atoms with E-state index >= 15 is 0 Å². The first-order valence-corrected chi connectivity index (χ1v) is 11.4. The molecule has 0 aliphatic rings. The van der Waals surface area contributed by atoms with Gasteiger partial charge in [0.2, 0.25) is 5.91 Å². The van der Waals surface area contributed by atoms with Crippen LogP contribution < -0.4 is 16.2 Å². The van der Waals surface area contributed by atoms with E-state index in [4.69, 9.17) is 34.8 Å². The van der Waals surface area contributed by atoms with Crippen LogP contribution in [-0.2, 0) is 4.79 Å². The van der Waals surface area contributed by atoms with Crippen molar-refractivity contribution in [1.29, 1.82) is 0 Å². The second kappa shape index (κ2) is 10.2. The van der Waals surface area contributed by atoms with E-state index in [2.05, 4.69) is 53.0 Å². The number of anilines is 1. The van der Waals surface area contributed by atoms with Crippen LogP contribution in [0.5, 0.6) is 0 Å². The van der Waals surface area contributed by atoms with Crippen molar-refractivity contribution in [3.63, 3.8) is 0 Å². The minimum atomic E-state index is -0.656. The number of benzene rings is 1. The number of halogens is 5. The van der Waals surface area contributed by atoms with Gasteiger partial charge in [0.15, 0.2) is 5.82 Å². The molecule has 3 amide bonds. The fourth-order valence-electron chi connectivity index (χ4n) is 2.64. The van der Waals surface area contributed by atoms with Gasteiger partial charge < -0.3 is 5.32 Å². The summed E-state index contributed by atoms with van der Waals surface area (Å²) in [5.41, 5.74) is 4.70. The molecule has 166 valence electrons. The molecule has 0 unspecified atom stereocenters. The smallest absolute Gasteiger partial charge is 0.272 e. The maximum absolute atomic E-state index is 13.2. The molecule has 1 aromatic carbocycles. The van der Waals surface area contributed by atoms with Crippen LogP contribution >= 0.6 is 66.7 Å². The predicted octanol–water partition coefficient (Wildman–Crippen LogP) is 5.39. The zero-order valence-electron chi connectivity index (χ0n) is 16.0. The zero-order chi connectivity index (χ0) is 23.6. The Balaban J connectivity index is 2.04. The lowest BCUT2D eigenvalue weighted by Crippen LogP contribution is -2.40. The molecule has 0 atom stereocenters.